The first kappa shape index (κ1) is 22.5. The number of carbonyl (C=O) groups is 1. The van der Waals surface area contributed by atoms with Crippen molar-refractivity contribution in [1.29, 1.82) is 0 Å². The van der Waals surface area contributed by atoms with E-state index >= 15 is 0 Å². The highest BCUT2D eigenvalue weighted by atomic mass is 16.5. The molecular formula is C23H38O3. The molecule has 0 radical (unpaired) electrons. The highest BCUT2D eigenvalue weighted by Gasteiger charge is 2.22. The summed E-state index contributed by atoms with van der Waals surface area (Å²) in [6.07, 6.45) is 9.86. The van der Waals surface area contributed by atoms with Crippen LogP contribution in [0.4, 0.5) is 0 Å². The topological polar surface area (TPSA) is 46.5 Å². The molecule has 0 aliphatic rings. The van der Waals surface area contributed by atoms with Crippen LogP contribution in [-0.4, -0.2) is 17.7 Å². The summed E-state index contributed by atoms with van der Waals surface area (Å²) in [6, 6.07) is 5.42. The molecule has 0 aliphatic carbocycles. The zero-order valence-electron chi connectivity index (χ0n) is 17.4. The van der Waals surface area contributed by atoms with Gasteiger partial charge in [-0.2, -0.15) is 0 Å². The van der Waals surface area contributed by atoms with Gasteiger partial charge in [-0.3, -0.25) is 4.79 Å². The van der Waals surface area contributed by atoms with E-state index in [1.807, 2.05) is 19.1 Å². The van der Waals surface area contributed by atoms with E-state index < -0.39 is 0 Å². The fraction of sp³-hybridized carbons (Fsp3) is 0.696. The van der Waals surface area contributed by atoms with E-state index in [0.717, 1.165) is 24.0 Å². The summed E-state index contributed by atoms with van der Waals surface area (Å²) < 4.78 is 5.46. The number of phenolic OH excluding ortho intramolecular Hbond substituents is 1. The summed E-state index contributed by atoms with van der Waals surface area (Å²) in [5, 5.41) is 10.1. The largest absolute Gasteiger partial charge is 0.508 e. The third kappa shape index (κ3) is 7.80. The number of phenols is 1. The second-order valence-electron chi connectivity index (χ2n) is 8.39. The maximum Gasteiger partial charge on any atom is 0.313 e. The van der Waals surface area contributed by atoms with Crippen LogP contribution < -0.4 is 0 Å². The number of carbonyl (C=O) groups excluding carboxylic acids is 1. The molecular weight excluding hydrogens is 324 g/mol. The third-order valence-electron chi connectivity index (χ3n) is 4.92. The molecule has 0 saturated carbocycles. The van der Waals surface area contributed by atoms with Crippen LogP contribution in [0, 0.1) is 0 Å². The minimum absolute atomic E-state index is 0.166. The highest BCUT2D eigenvalue weighted by Crippen LogP contribution is 2.33. The van der Waals surface area contributed by atoms with E-state index in [9.17, 15) is 9.90 Å². The molecule has 3 heteroatoms. The average molecular weight is 363 g/mol. The fourth-order valence-electron chi connectivity index (χ4n) is 3.09. The lowest BCUT2D eigenvalue weighted by atomic mass is 9.84. The molecule has 1 N–H and O–H groups in total. The van der Waals surface area contributed by atoms with Crippen molar-refractivity contribution in [1.82, 2.24) is 0 Å². The van der Waals surface area contributed by atoms with Gasteiger partial charge in [-0.25, -0.2) is 0 Å². The maximum atomic E-state index is 12.3. The van der Waals surface area contributed by atoms with Gasteiger partial charge in [-0.1, -0.05) is 84.8 Å². The molecule has 0 heterocycles. The molecule has 1 atom stereocenters. The third-order valence-corrected chi connectivity index (χ3v) is 4.92. The van der Waals surface area contributed by atoms with Gasteiger partial charge in [0.1, 0.15) is 5.75 Å². The van der Waals surface area contributed by atoms with Crippen molar-refractivity contribution < 1.29 is 14.6 Å². The Morgan fingerprint density at radius 1 is 1.04 bits per heavy atom. The summed E-state index contributed by atoms with van der Waals surface area (Å²) in [5.41, 5.74) is 1.59. The van der Waals surface area contributed by atoms with Crippen molar-refractivity contribution in [3.63, 3.8) is 0 Å². The Hall–Kier alpha value is -1.51. The number of rotatable bonds is 11. The Balaban J connectivity index is 2.37. The zero-order valence-corrected chi connectivity index (χ0v) is 17.4. The van der Waals surface area contributed by atoms with Crippen molar-refractivity contribution in [2.45, 2.75) is 97.3 Å². The smallest absolute Gasteiger partial charge is 0.313 e. The van der Waals surface area contributed by atoms with Gasteiger partial charge in [0.15, 0.2) is 0 Å². The van der Waals surface area contributed by atoms with E-state index in [-0.39, 0.29) is 23.1 Å². The van der Waals surface area contributed by atoms with E-state index in [1.165, 1.54) is 38.5 Å². The number of benzene rings is 1. The molecule has 0 amide bonds. The predicted molar refractivity (Wildman–Crippen MR) is 109 cm³/mol. The van der Waals surface area contributed by atoms with Gasteiger partial charge in [-0.05, 0) is 36.0 Å². The van der Waals surface area contributed by atoms with Gasteiger partial charge < -0.3 is 9.84 Å². The molecule has 1 aromatic rings. The number of unbranched alkanes of at least 4 members (excludes halogenated alkanes) is 7. The monoisotopic (exact) mass is 362 g/mol. The molecule has 1 unspecified atom stereocenters. The van der Waals surface area contributed by atoms with E-state index in [4.69, 9.17) is 4.74 Å². The first-order chi connectivity index (χ1) is 12.3. The van der Waals surface area contributed by atoms with Crippen LogP contribution in [0.5, 0.6) is 5.75 Å². The molecule has 0 saturated heterocycles. The lowest BCUT2D eigenvalue weighted by Gasteiger charge is -2.22. The molecule has 3 nitrogen and oxygen atoms in total. The van der Waals surface area contributed by atoms with Gasteiger partial charge in [0.25, 0.3) is 0 Å². The molecule has 26 heavy (non-hydrogen) atoms. The minimum Gasteiger partial charge on any atom is -0.508 e. The number of hydrogen-bond acceptors (Lipinski definition) is 3. The van der Waals surface area contributed by atoms with Crippen LogP contribution in [0.2, 0.25) is 0 Å². The fourth-order valence-corrected chi connectivity index (χ4v) is 3.09. The van der Waals surface area contributed by atoms with E-state index in [1.54, 1.807) is 6.07 Å². The molecule has 0 bridgehead atoms. The van der Waals surface area contributed by atoms with Crippen LogP contribution in [-0.2, 0) is 14.9 Å². The summed E-state index contributed by atoms with van der Waals surface area (Å²) in [6.45, 7) is 10.8. The molecule has 0 fully saturated rings. The molecule has 0 spiro atoms. The highest BCUT2D eigenvalue weighted by molar-refractivity contribution is 5.77. The van der Waals surface area contributed by atoms with Crippen LogP contribution >= 0.6 is 0 Å². The Bertz CT molecular complexity index is 543. The van der Waals surface area contributed by atoms with E-state index in [0.29, 0.717) is 6.61 Å². The molecule has 0 aromatic heterocycles. The Morgan fingerprint density at radius 3 is 2.19 bits per heavy atom. The second-order valence-corrected chi connectivity index (χ2v) is 8.39. The Labute approximate surface area is 160 Å². The lowest BCUT2D eigenvalue weighted by molar-refractivity contribution is -0.145. The predicted octanol–water partition coefficient (Wildman–Crippen LogP) is 6.48. The number of hydrogen-bond donors (Lipinski definition) is 1. The van der Waals surface area contributed by atoms with Crippen LogP contribution in [0.3, 0.4) is 0 Å². The molecule has 1 rings (SSSR count). The van der Waals surface area contributed by atoms with Gasteiger partial charge in [0.05, 0.1) is 12.5 Å². The summed E-state index contributed by atoms with van der Waals surface area (Å²) in [4.78, 5) is 12.3. The Morgan fingerprint density at radius 2 is 1.62 bits per heavy atom. The van der Waals surface area contributed by atoms with Crippen molar-refractivity contribution in [2.75, 3.05) is 6.61 Å². The van der Waals surface area contributed by atoms with Crippen LogP contribution in [0.1, 0.15) is 103 Å². The van der Waals surface area contributed by atoms with Gasteiger partial charge >= 0.3 is 5.97 Å². The number of ether oxygens (including phenoxy) is 1. The second kappa shape index (κ2) is 11.3. The normalized spacial score (nSPS) is 12.8. The standard InChI is InChI=1S/C23H38O3/c1-6-7-8-9-10-11-12-13-16-26-22(25)18(2)19-14-15-21(24)20(17-19)23(3,4)5/h14-15,17-18,24H,6-13,16H2,1-5H3. The van der Waals surface area contributed by atoms with Crippen molar-refractivity contribution in [3.05, 3.63) is 29.3 Å². The minimum atomic E-state index is -0.314. The van der Waals surface area contributed by atoms with Crippen LogP contribution in [0.25, 0.3) is 0 Å². The average Bonchev–Trinajstić information content (AvgIpc) is 2.59. The summed E-state index contributed by atoms with van der Waals surface area (Å²) in [7, 11) is 0. The van der Waals surface area contributed by atoms with Gasteiger partial charge in [-0.15, -0.1) is 0 Å². The van der Waals surface area contributed by atoms with Gasteiger partial charge in [0.2, 0.25) is 0 Å². The molecule has 148 valence electrons. The van der Waals surface area contributed by atoms with Crippen molar-refractivity contribution >= 4 is 5.97 Å². The summed E-state index contributed by atoms with van der Waals surface area (Å²) in [5.74, 6) is -0.218. The quantitative estimate of drug-likeness (QED) is 0.362. The van der Waals surface area contributed by atoms with Crippen molar-refractivity contribution in [3.8, 4) is 5.75 Å². The SMILES string of the molecule is CCCCCCCCCCOC(=O)C(C)c1ccc(O)c(C(C)(C)C)c1. The maximum absolute atomic E-state index is 12.3. The number of esters is 1. The van der Waals surface area contributed by atoms with Crippen molar-refractivity contribution in [2.24, 2.45) is 0 Å². The molecule has 0 aliphatic heterocycles. The summed E-state index contributed by atoms with van der Waals surface area (Å²) >= 11 is 0. The zero-order chi connectivity index (χ0) is 19.6. The molecule has 1 aromatic carbocycles. The van der Waals surface area contributed by atoms with Gasteiger partial charge in [0, 0.05) is 0 Å². The first-order valence-electron chi connectivity index (χ1n) is 10.3. The first-order valence-corrected chi connectivity index (χ1v) is 10.3. The lowest BCUT2D eigenvalue weighted by Crippen LogP contribution is -2.16. The number of aromatic hydroxyl groups is 1. The Kier molecular flexibility index (Phi) is 9.75. The van der Waals surface area contributed by atoms with E-state index in [2.05, 4.69) is 27.7 Å². The van der Waals surface area contributed by atoms with Crippen LogP contribution in [0.15, 0.2) is 18.2 Å².